The van der Waals surface area contributed by atoms with E-state index in [4.69, 9.17) is 0 Å². The summed E-state index contributed by atoms with van der Waals surface area (Å²) in [5, 5.41) is 7.57. The highest BCUT2D eigenvalue weighted by atomic mass is 32.2. The molecule has 1 atom stereocenters. The first-order valence-electron chi connectivity index (χ1n) is 7.90. The highest BCUT2D eigenvalue weighted by Crippen LogP contribution is 2.23. The molecule has 0 bridgehead atoms. The SMILES string of the molecule is CN=C(NCC(C)Cn1cccn1)N1CCS(=O)(=O)C(C)(C)C1. The molecule has 2 rings (SSSR count). The first-order chi connectivity index (χ1) is 10.7. The monoisotopic (exact) mass is 341 g/mol. The van der Waals surface area contributed by atoms with Crippen LogP contribution in [-0.4, -0.2) is 66.2 Å². The average molecular weight is 341 g/mol. The van der Waals surface area contributed by atoms with Gasteiger partial charge in [-0.2, -0.15) is 5.10 Å². The molecular weight excluding hydrogens is 314 g/mol. The van der Waals surface area contributed by atoms with E-state index in [1.807, 2.05) is 21.8 Å². The van der Waals surface area contributed by atoms with Crippen molar-refractivity contribution in [1.29, 1.82) is 0 Å². The van der Waals surface area contributed by atoms with Crippen LogP contribution in [0, 0.1) is 5.92 Å². The van der Waals surface area contributed by atoms with Gasteiger partial charge in [-0.05, 0) is 25.8 Å². The second kappa shape index (κ2) is 6.90. The normalized spacial score (nSPS) is 21.9. The Morgan fingerprint density at radius 2 is 2.22 bits per heavy atom. The van der Waals surface area contributed by atoms with Crippen LogP contribution in [0.5, 0.6) is 0 Å². The largest absolute Gasteiger partial charge is 0.356 e. The van der Waals surface area contributed by atoms with Crippen molar-refractivity contribution in [1.82, 2.24) is 20.0 Å². The van der Waals surface area contributed by atoms with Gasteiger partial charge in [-0.15, -0.1) is 0 Å². The highest BCUT2D eigenvalue weighted by molar-refractivity contribution is 7.92. The average Bonchev–Trinajstić information content (AvgIpc) is 2.96. The zero-order valence-electron chi connectivity index (χ0n) is 14.4. The summed E-state index contributed by atoms with van der Waals surface area (Å²) in [7, 11) is -1.30. The van der Waals surface area contributed by atoms with Gasteiger partial charge in [0, 0.05) is 45.6 Å². The number of rotatable bonds is 4. The molecule has 23 heavy (non-hydrogen) atoms. The smallest absolute Gasteiger partial charge is 0.193 e. The van der Waals surface area contributed by atoms with E-state index in [1.54, 1.807) is 27.1 Å². The lowest BCUT2D eigenvalue weighted by Crippen LogP contribution is -2.57. The summed E-state index contributed by atoms with van der Waals surface area (Å²) < 4.78 is 25.4. The number of hydrogen-bond acceptors (Lipinski definition) is 4. The Hall–Kier alpha value is -1.57. The lowest BCUT2D eigenvalue weighted by molar-refractivity contribution is 0.347. The first-order valence-corrected chi connectivity index (χ1v) is 9.56. The fourth-order valence-electron chi connectivity index (χ4n) is 2.71. The standard InChI is InChI=1S/C15H27N5O2S/c1-13(11-20-7-5-6-18-20)10-17-14(16-4)19-8-9-23(21,22)15(2,3)12-19/h5-7,13H,8-12H2,1-4H3,(H,16,17). The molecule has 130 valence electrons. The van der Waals surface area contributed by atoms with Crippen LogP contribution in [0.3, 0.4) is 0 Å². The molecule has 1 N–H and O–H groups in total. The number of aromatic nitrogens is 2. The molecule has 0 saturated carbocycles. The van der Waals surface area contributed by atoms with Crippen molar-refractivity contribution in [3.63, 3.8) is 0 Å². The van der Waals surface area contributed by atoms with E-state index in [-0.39, 0.29) is 5.75 Å². The van der Waals surface area contributed by atoms with Crippen molar-refractivity contribution in [3.05, 3.63) is 18.5 Å². The maximum Gasteiger partial charge on any atom is 0.193 e. The Morgan fingerprint density at radius 3 is 2.78 bits per heavy atom. The molecule has 7 nitrogen and oxygen atoms in total. The molecule has 1 aromatic rings. The number of sulfone groups is 1. The molecule has 8 heteroatoms. The molecule has 2 heterocycles. The lowest BCUT2D eigenvalue weighted by atomic mass is 10.2. The third-order valence-corrected chi connectivity index (χ3v) is 6.75. The maximum atomic E-state index is 12.1. The summed E-state index contributed by atoms with van der Waals surface area (Å²) in [5.74, 6) is 1.32. The van der Waals surface area contributed by atoms with Gasteiger partial charge in [-0.1, -0.05) is 6.92 Å². The van der Waals surface area contributed by atoms with E-state index in [0.29, 0.717) is 19.0 Å². The second-order valence-electron chi connectivity index (χ2n) is 6.76. The van der Waals surface area contributed by atoms with Crippen molar-refractivity contribution in [2.45, 2.75) is 32.1 Å². The Morgan fingerprint density at radius 1 is 1.48 bits per heavy atom. The van der Waals surface area contributed by atoms with Crippen LogP contribution in [-0.2, 0) is 16.4 Å². The molecule has 0 spiro atoms. The third-order valence-electron chi connectivity index (χ3n) is 4.22. The number of hydrogen-bond donors (Lipinski definition) is 1. The van der Waals surface area contributed by atoms with Gasteiger partial charge in [0.25, 0.3) is 0 Å². The predicted octanol–water partition coefficient (Wildman–Crippen LogP) is 0.604. The summed E-state index contributed by atoms with van der Waals surface area (Å²) in [4.78, 5) is 6.34. The van der Waals surface area contributed by atoms with Crippen molar-refractivity contribution in [2.75, 3.05) is 32.4 Å². The van der Waals surface area contributed by atoms with Gasteiger partial charge >= 0.3 is 0 Å². The number of guanidine groups is 1. The predicted molar refractivity (Wildman–Crippen MR) is 92.2 cm³/mol. The molecule has 0 aromatic carbocycles. The van der Waals surface area contributed by atoms with Crippen molar-refractivity contribution in [2.24, 2.45) is 10.9 Å². The summed E-state index contributed by atoms with van der Waals surface area (Å²) in [5.41, 5.74) is 0. The molecule has 0 radical (unpaired) electrons. The van der Waals surface area contributed by atoms with E-state index < -0.39 is 14.6 Å². The number of nitrogens with zero attached hydrogens (tertiary/aromatic N) is 4. The first kappa shape index (κ1) is 17.8. The Bertz CT molecular complexity index is 637. The lowest BCUT2D eigenvalue weighted by Gasteiger charge is -2.39. The van der Waals surface area contributed by atoms with E-state index in [0.717, 1.165) is 19.0 Å². The van der Waals surface area contributed by atoms with E-state index in [1.165, 1.54) is 0 Å². The molecule has 1 fully saturated rings. The molecule has 1 aromatic heterocycles. The minimum absolute atomic E-state index is 0.170. The van der Waals surface area contributed by atoms with Gasteiger partial charge in [-0.3, -0.25) is 9.67 Å². The van der Waals surface area contributed by atoms with Gasteiger partial charge in [-0.25, -0.2) is 8.42 Å². The summed E-state index contributed by atoms with van der Waals surface area (Å²) in [6, 6.07) is 1.91. The molecule has 0 aliphatic carbocycles. The molecule has 1 unspecified atom stereocenters. The van der Waals surface area contributed by atoms with Crippen molar-refractivity contribution >= 4 is 15.8 Å². The fraction of sp³-hybridized carbons (Fsp3) is 0.733. The number of aliphatic imine (C=N–C) groups is 1. The van der Waals surface area contributed by atoms with Crippen LogP contribution in [0.1, 0.15) is 20.8 Å². The Kier molecular flexibility index (Phi) is 5.33. The van der Waals surface area contributed by atoms with E-state index >= 15 is 0 Å². The fourth-order valence-corrected chi connectivity index (χ4v) is 4.08. The van der Waals surface area contributed by atoms with Crippen LogP contribution in [0.2, 0.25) is 0 Å². The Labute approximate surface area is 138 Å². The van der Waals surface area contributed by atoms with Crippen LogP contribution < -0.4 is 5.32 Å². The second-order valence-corrected chi connectivity index (χ2v) is 9.50. The zero-order valence-corrected chi connectivity index (χ0v) is 15.2. The number of nitrogens with one attached hydrogen (secondary N) is 1. The molecule has 1 saturated heterocycles. The quantitative estimate of drug-likeness (QED) is 0.641. The van der Waals surface area contributed by atoms with E-state index in [9.17, 15) is 8.42 Å². The molecule has 1 aliphatic rings. The zero-order chi connectivity index (χ0) is 17.1. The van der Waals surface area contributed by atoms with Gasteiger partial charge in [0.15, 0.2) is 15.8 Å². The van der Waals surface area contributed by atoms with Crippen LogP contribution >= 0.6 is 0 Å². The summed E-state index contributed by atoms with van der Waals surface area (Å²) in [6.07, 6.45) is 3.72. The molecule has 1 aliphatic heterocycles. The van der Waals surface area contributed by atoms with Gasteiger partial charge in [0.1, 0.15) is 0 Å². The minimum Gasteiger partial charge on any atom is -0.356 e. The van der Waals surface area contributed by atoms with Crippen molar-refractivity contribution < 1.29 is 8.42 Å². The van der Waals surface area contributed by atoms with Crippen LogP contribution in [0.15, 0.2) is 23.5 Å². The minimum atomic E-state index is -3.04. The summed E-state index contributed by atoms with van der Waals surface area (Å²) >= 11 is 0. The topological polar surface area (TPSA) is 79.6 Å². The van der Waals surface area contributed by atoms with Gasteiger partial charge < -0.3 is 10.2 Å². The van der Waals surface area contributed by atoms with Gasteiger partial charge in [0.05, 0.1) is 10.5 Å². The molecular formula is C15H27N5O2S. The van der Waals surface area contributed by atoms with Gasteiger partial charge in [0.2, 0.25) is 0 Å². The van der Waals surface area contributed by atoms with Crippen LogP contribution in [0.25, 0.3) is 0 Å². The van der Waals surface area contributed by atoms with E-state index in [2.05, 4.69) is 22.3 Å². The third kappa shape index (κ3) is 4.25. The molecule has 0 amide bonds. The Balaban J connectivity index is 1.91. The van der Waals surface area contributed by atoms with Crippen molar-refractivity contribution in [3.8, 4) is 0 Å². The maximum absolute atomic E-state index is 12.1. The van der Waals surface area contributed by atoms with Crippen LogP contribution in [0.4, 0.5) is 0 Å². The summed E-state index contributed by atoms with van der Waals surface area (Å²) in [6.45, 7) is 8.24. The highest BCUT2D eigenvalue weighted by Gasteiger charge is 2.40.